The first kappa shape index (κ1) is 15.7. The van der Waals surface area contributed by atoms with Gasteiger partial charge in [-0.05, 0) is 42.2 Å². The van der Waals surface area contributed by atoms with Crippen LogP contribution in [-0.2, 0) is 0 Å². The van der Waals surface area contributed by atoms with E-state index in [4.69, 9.17) is 4.74 Å². The average molecular weight is 286 g/mol. The Labute approximate surface area is 128 Å². The van der Waals surface area contributed by atoms with E-state index in [1.54, 1.807) is 7.11 Å². The maximum atomic E-state index is 9.88. The van der Waals surface area contributed by atoms with Crippen LogP contribution in [0.15, 0.2) is 24.3 Å². The number of nitrogens with one attached hydrogen (secondary N) is 1. The van der Waals surface area contributed by atoms with Gasteiger partial charge in [0, 0.05) is 0 Å². The second kappa shape index (κ2) is 5.26. The third kappa shape index (κ3) is 3.50. The van der Waals surface area contributed by atoms with Crippen molar-refractivity contribution in [1.29, 1.82) is 5.26 Å². The van der Waals surface area contributed by atoms with Gasteiger partial charge >= 0.3 is 0 Å². The van der Waals surface area contributed by atoms with E-state index in [9.17, 15) is 5.26 Å². The van der Waals surface area contributed by atoms with Crippen molar-refractivity contribution in [3.05, 3.63) is 24.3 Å². The van der Waals surface area contributed by atoms with Crippen molar-refractivity contribution < 1.29 is 4.74 Å². The molecule has 0 atom stereocenters. The number of rotatable bonds is 3. The highest BCUT2D eigenvalue weighted by Gasteiger charge is 2.48. The Morgan fingerprint density at radius 3 is 2.14 bits per heavy atom. The zero-order chi connectivity index (χ0) is 15.7. The van der Waals surface area contributed by atoms with E-state index >= 15 is 0 Å². The number of nitrogens with zero attached hydrogens (tertiary/aromatic N) is 1. The van der Waals surface area contributed by atoms with Crippen molar-refractivity contribution in [2.75, 3.05) is 12.4 Å². The summed E-state index contributed by atoms with van der Waals surface area (Å²) >= 11 is 0. The molecule has 1 aromatic carbocycles. The summed E-state index contributed by atoms with van der Waals surface area (Å²) in [7, 11) is 1.66. The molecule has 2 rings (SSSR count). The van der Waals surface area contributed by atoms with Gasteiger partial charge in [-0.15, -0.1) is 0 Å². The number of nitriles is 1. The topological polar surface area (TPSA) is 45.0 Å². The fraction of sp³-hybridized carbons (Fsp3) is 0.611. The summed E-state index contributed by atoms with van der Waals surface area (Å²) in [5.74, 6) is 0.785. The number of para-hydroxylation sites is 2. The minimum atomic E-state index is -0.542. The smallest absolute Gasteiger partial charge is 0.141 e. The molecule has 1 saturated carbocycles. The Morgan fingerprint density at radius 2 is 1.62 bits per heavy atom. The second-order valence-corrected chi connectivity index (χ2v) is 7.88. The summed E-state index contributed by atoms with van der Waals surface area (Å²) in [4.78, 5) is 0. The first-order valence-electron chi connectivity index (χ1n) is 7.53. The average Bonchev–Trinajstić information content (AvgIpc) is 2.35. The van der Waals surface area contributed by atoms with E-state index < -0.39 is 5.54 Å². The highest BCUT2D eigenvalue weighted by molar-refractivity contribution is 5.59. The first-order valence-corrected chi connectivity index (χ1v) is 7.53. The third-order valence-electron chi connectivity index (χ3n) is 4.21. The van der Waals surface area contributed by atoms with Crippen LogP contribution < -0.4 is 10.1 Å². The zero-order valence-corrected chi connectivity index (χ0v) is 13.8. The van der Waals surface area contributed by atoms with Gasteiger partial charge in [-0.3, -0.25) is 0 Å². The maximum Gasteiger partial charge on any atom is 0.141 e. The van der Waals surface area contributed by atoms with Gasteiger partial charge in [0.2, 0.25) is 0 Å². The van der Waals surface area contributed by atoms with E-state index in [1.807, 2.05) is 24.3 Å². The van der Waals surface area contributed by atoms with Gasteiger partial charge in [0.15, 0.2) is 0 Å². The molecule has 0 saturated heterocycles. The highest BCUT2D eigenvalue weighted by Crippen LogP contribution is 2.51. The molecule has 1 N–H and O–H groups in total. The van der Waals surface area contributed by atoms with Crippen LogP contribution in [0, 0.1) is 22.2 Å². The number of anilines is 1. The molecule has 1 aliphatic carbocycles. The van der Waals surface area contributed by atoms with Crippen LogP contribution in [0.2, 0.25) is 0 Å². The normalized spacial score (nSPS) is 22.1. The van der Waals surface area contributed by atoms with Gasteiger partial charge in [0.05, 0.1) is 18.9 Å². The van der Waals surface area contributed by atoms with E-state index in [1.165, 1.54) is 0 Å². The summed E-state index contributed by atoms with van der Waals surface area (Å²) in [6.45, 7) is 9.02. The van der Waals surface area contributed by atoms with Crippen molar-refractivity contribution in [3.8, 4) is 11.8 Å². The van der Waals surface area contributed by atoms with Crippen molar-refractivity contribution in [1.82, 2.24) is 0 Å². The number of hydrogen-bond donors (Lipinski definition) is 1. The Kier molecular flexibility index (Phi) is 3.93. The molecule has 0 spiro atoms. The quantitative estimate of drug-likeness (QED) is 0.882. The Balaban J connectivity index is 2.36. The van der Waals surface area contributed by atoms with E-state index in [2.05, 4.69) is 39.1 Å². The molecule has 0 amide bonds. The fourth-order valence-electron chi connectivity index (χ4n) is 4.32. The lowest BCUT2D eigenvalue weighted by Gasteiger charge is -2.49. The SMILES string of the molecule is COc1ccccc1NC1(C#N)CC(C)(C)CC(C)(C)C1. The Bertz CT molecular complexity index is 539. The minimum Gasteiger partial charge on any atom is -0.495 e. The molecule has 3 nitrogen and oxygen atoms in total. The largest absolute Gasteiger partial charge is 0.495 e. The minimum absolute atomic E-state index is 0.145. The van der Waals surface area contributed by atoms with Crippen molar-refractivity contribution in [3.63, 3.8) is 0 Å². The van der Waals surface area contributed by atoms with Gasteiger partial charge in [-0.25, -0.2) is 0 Å². The molecule has 3 heteroatoms. The number of hydrogen-bond acceptors (Lipinski definition) is 3. The van der Waals surface area contributed by atoms with Gasteiger partial charge in [-0.1, -0.05) is 39.8 Å². The molecule has 0 aromatic heterocycles. The highest BCUT2D eigenvalue weighted by atomic mass is 16.5. The monoisotopic (exact) mass is 286 g/mol. The molecule has 21 heavy (non-hydrogen) atoms. The van der Waals surface area contributed by atoms with E-state index in [0.717, 1.165) is 30.7 Å². The lowest BCUT2D eigenvalue weighted by Crippen LogP contribution is -2.50. The van der Waals surface area contributed by atoms with E-state index in [0.29, 0.717) is 0 Å². The summed E-state index contributed by atoms with van der Waals surface area (Å²) < 4.78 is 5.41. The third-order valence-corrected chi connectivity index (χ3v) is 4.21. The van der Waals surface area contributed by atoms with Crippen LogP contribution in [-0.4, -0.2) is 12.6 Å². The summed E-state index contributed by atoms with van der Waals surface area (Å²) in [6.07, 6.45) is 2.83. The zero-order valence-electron chi connectivity index (χ0n) is 13.8. The number of methoxy groups -OCH3 is 1. The standard InChI is InChI=1S/C18H26N2O/c1-16(2)10-17(3,4)12-18(11-16,13-19)20-14-8-6-7-9-15(14)21-5/h6-9,20H,10-12H2,1-5H3. The lowest BCUT2D eigenvalue weighted by atomic mass is 9.58. The van der Waals surface area contributed by atoms with Crippen LogP contribution in [0.4, 0.5) is 5.69 Å². The van der Waals surface area contributed by atoms with Crippen LogP contribution >= 0.6 is 0 Å². The van der Waals surface area contributed by atoms with Gasteiger partial charge in [0.25, 0.3) is 0 Å². The summed E-state index contributed by atoms with van der Waals surface area (Å²) in [5.41, 5.74) is 0.647. The van der Waals surface area contributed by atoms with Crippen molar-refractivity contribution in [2.45, 2.75) is 52.5 Å². The molecule has 0 aliphatic heterocycles. The predicted molar refractivity (Wildman–Crippen MR) is 86.4 cm³/mol. The molecular weight excluding hydrogens is 260 g/mol. The van der Waals surface area contributed by atoms with Gasteiger partial charge in [0.1, 0.15) is 11.3 Å². The molecule has 0 radical (unpaired) electrons. The second-order valence-electron chi connectivity index (χ2n) is 7.88. The maximum absolute atomic E-state index is 9.88. The van der Waals surface area contributed by atoms with Crippen molar-refractivity contribution >= 4 is 5.69 Å². The number of benzene rings is 1. The lowest BCUT2D eigenvalue weighted by molar-refractivity contribution is 0.0810. The fourth-order valence-corrected chi connectivity index (χ4v) is 4.32. The molecular formula is C18H26N2O. The predicted octanol–water partition coefficient (Wildman–Crippen LogP) is 4.61. The number of ether oxygens (including phenoxy) is 1. The van der Waals surface area contributed by atoms with Gasteiger partial charge < -0.3 is 10.1 Å². The van der Waals surface area contributed by atoms with Gasteiger partial charge in [-0.2, -0.15) is 5.26 Å². The summed E-state index contributed by atoms with van der Waals surface area (Å²) in [6, 6.07) is 10.4. The Morgan fingerprint density at radius 1 is 1.05 bits per heavy atom. The molecule has 0 unspecified atom stereocenters. The molecule has 0 bridgehead atoms. The van der Waals surface area contributed by atoms with Crippen LogP contribution in [0.3, 0.4) is 0 Å². The molecule has 1 fully saturated rings. The van der Waals surface area contributed by atoms with E-state index in [-0.39, 0.29) is 10.8 Å². The Hall–Kier alpha value is -1.69. The van der Waals surface area contributed by atoms with Crippen LogP contribution in [0.5, 0.6) is 5.75 Å². The first-order chi connectivity index (χ1) is 9.71. The molecule has 1 aliphatic rings. The van der Waals surface area contributed by atoms with Crippen LogP contribution in [0.1, 0.15) is 47.0 Å². The molecule has 1 aromatic rings. The summed E-state index contributed by atoms with van der Waals surface area (Å²) in [5, 5.41) is 13.4. The molecule has 114 valence electrons. The van der Waals surface area contributed by atoms with Crippen LogP contribution in [0.25, 0.3) is 0 Å². The van der Waals surface area contributed by atoms with Crippen molar-refractivity contribution in [2.24, 2.45) is 10.8 Å². The molecule has 0 heterocycles.